The van der Waals surface area contributed by atoms with E-state index < -0.39 is 0 Å². The maximum atomic E-state index is 6.44. The summed E-state index contributed by atoms with van der Waals surface area (Å²) in [6.07, 6.45) is 0. The number of likely N-dealkylation sites (N-methyl/N-ethyl adjacent to an activating group) is 1. The van der Waals surface area contributed by atoms with Crippen LogP contribution in [0.15, 0.2) is 12.1 Å². The van der Waals surface area contributed by atoms with Gasteiger partial charge in [-0.2, -0.15) is 0 Å². The van der Waals surface area contributed by atoms with Gasteiger partial charge in [-0.3, -0.25) is 0 Å². The molecule has 0 bridgehead atoms. The predicted octanol–water partition coefficient (Wildman–Crippen LogP) is 3.12. The molecule has 0 aliphatic rings. The molecule has 1 atom stereocenters. The topological polar surface area (TPSA) is 47.3 Å². The second kappa shape index (κ2) is 5.93. The van der Waals surface area contributed by atoms with Crippen molar-refractivity contribution >= 4 is 0 Å². The first-order valence-electron chi connectivity index (χ1n) is 6.87. The van der Waals surface area contributed by atoms with Crippen LogP contribution in [0.5, 0.6) is 5.75 Å². The molecule has 3 heteroatoms. The fourth-order valence-electron chi connectivity index (χ4n) is 2.22. The number of nitrogens with two attached hydrogens (primary N) is 1. The normalized spacial score (nSPS) is 13.7. The van der Waals surface area contributed by atoms with Gasteiger partial charge in [-0.1, -0.05) is 13.8 Å². The van der Waals surface area contributed by atoms with Crippen molar-refractivity contribution in [3.8, 4) is 5.75 Å². The quantitative estimate of drug-likeness (QED) is 0.859. The van der Waals surface area contributed by atoms with E-state index in [-0.39, 0.29) is 11.6 Å². The zero-order valence-corrected chi connectivity index (χ0v) is 13.3. The lowest BCUT2D eigenvalue weighted by Gasteiger charge is -2.33. The summed E-state index contributed by atoms with van der Waals surface area (Å²) in [5, 5.41) is 3.29. The van der Waals surface area contributed by atoms with Crippen molar-refractivity contribution in [1.29, 1.82) is 0 Å². The average molecular weight is 264 g/mol. The molecule has 1 aromatic carbocycles. The zero-order chi connectivity index (χ0) is 14.8. The summed E-state index contributed by atoms with van der Waals surface area (Å²) in [6, 6.07) is 4.24. The molecular weight excluding hydrogens is 236 g/mol. The molecule has 0 saturated heterocycles. The van der Waals surface area contributed by atoms with Crippen LogP contribution in [0.4, 0.5) is 0 Å². The lowest BCUT2D eigenvalue weighted by molar-refractivity contribution is 0.346. The molecule has 0 aliphatic carbocycles. The minimum Gasteiger partial charge on any atom is -0.496 e. The molecular formula is C16H28N2O. The van der Waals surface area contributed by atoms with Crippen LogP contribution in [-0.2, 0) is 0 Å². The van der Waals surface area contributed by atoms with Crippen LogP contribution in [0, 0.1) is 6.92 Å². The van der Waals surface area contributed by atoms with E-state index in [0.29, 0.717) is 5.92 Å². The molecule has 0 heterocycles. The van der Waals surface area contributed by atoms with Gasteiger partial charge in [-0.25, -0.2) is 0 Å². The van der Waals surface area contributed by atoms with Crippen LogP contribution >= 0.6 is 0 Å². The fourth-order valence-corrected chi connectivity index (χ4v) is 2.22. The van der Waals surface area contributed by atoms with Crippen LogP contribution in [-0.4, -0.2) is 19.7 Å². The van der Waals surface area contributed by atoms with Gasteiger partial charge in [0.2, 0.25) is 0 Å². The third kappa shape index (κ3) is 3.28. The Kier molecular flexibility index (Phi) is 4.99. The minimum absolute atomic E-state index is 0.0547. The van der Waals surface area contributed by atoms with Gasteiger partial charge >= 0.3 is 0 Å². The number of ether oxygens (including phenoxy) is 1. The monoisotopic (exact) mass is 264 g/mol. The molecule has 0 spiro atoms. The number of rotatable bonds is 5. The van der Waals surface area contributed by atoms with E-state index in [4.69, 9.17) is 10.5 Å². The van der Waals surface area contributed by atoms with Crippen LogP contribution < -0.4 is 15.8 Å². The van der Waals surface area contributed by atoms with Crippen molar-refractivity contribution in [2.75, 3.05) is 14.2 Å². The largest absolute Gasteiger partial charge is 0.496 e. The summed E-state index contributed by atoms with van der Waals surface area (Å²) < 4.78 is 5.48. The summed E-state index contributed by atoms with van der Waals surface area (Å²) in [5.41, 5.74) is 9.87. The van der Waals surface area contributed by atoms with Crippen molar-refractivity contribution < 1.29 is 4.74 Å². The zero-order valence-electron chi connectivity index (χ0n) is 13.3. The first kappa shape index (κ1) is 16.0. The van der Waals surface area contributed by atoms with E-state index in [9.17, 15) is 0 Å². The van der Waals surface area contributed by atoms with Gasteiger partial charge in [0.05, 0.1) is 7.11 Å². The fraction of sp³-hybridized carbons (Fsp3) is 0.625. The molecule has 1 rings (SSSR count). The SMILES string of the molecule is CNC(C)(C)C(N)c1cc(C(C)C)c(OC)cc1C. The van der Waals surface area contributed by atoms with E-state index in [1.54, 1.807) is 7.11 Å². The van der Waals surface area contributed by atoms with Gasteiger partial charge in [0.15, 0.2) is 0 Å². The molecule has 0 aromatic heterocycles. The highest BCUT2D eigenvalue weighted by atomic mass is 16.5. The molecule has 0 radical (unpaired) electrons. The van der Waals surface area contributed by atoms with Crippen molar-refractivity contribution in [3.05, 3.63) is 28.8 Å². The molecule has 1 unspecified atom stereocenters. The summed E-state index contributed by atoms with van der Waals surface area (Å²) >= 11 is 0. The van der Waals surface area contributed by atoms with Gasteiger partial charge < -0.3 is 15.8 Å². The molecule has 0 fully saturated rings. The van der Waals surface area contributed by atoms with Gasteiger partial charge in [0.1, 0.15) is 5.75 Å². The van der Waals surface area contributed by atoms with E-state index >= 15 is 0 Å². The minimum atomic E-state index is -0.145. The Bertz CT molecular complexity index is 439. The predicted molar refractivity (Wildman–Crippen MR) is 81.9 cm³/mol. The van der Waals surface area contributed by atoms with Gasteiger partial charge in [0.25, 0.3) is 0 Å². The van der Waals surface area contributed by atoms with E-state index in [0.717, 1.165) is 5.75 Å². The Morgan fingerprint density at radius 1 is 1.21 bits per heavy atom. The number of hydrogen-bond acceptors (Lipinski definition) is 3. The standard InChI is InChI=1S/C16H28N2O/c1-10(2)12-9-13(11(3)8-14(12)19-7)15(17)16(4,5)18-6/h8-10,15,18H,17H2,1-7H3. The Labute approximate surface area is 117 Å². The van der Waals surface area contributed by atoms with Crippen LogP contribution in [0.2, 0.25) is 0 Å². The maximum absolute atomic E-state index is 6.44. The van der Waals surface area contributed by atoms with E-state index in [2.05, 4.69) is 52.1 Å². The lowest BCUT2D eigenvalue weighted by Crippen LogP contribution is -2.46. The van der Waals surface area contributed by atoms with Crippen molar-refractivity contribution in [3.63, 3.8) is 0 Å². The van der Waals surface area contributed by atoms with Crippen molar-refractivity contribution in [2.45, 2.75) is 52.1 Å². The Hall–Kier alpha value is -1.06. The Balaban J connectivity index is 3.33. The summed E-state index contributed by atoms with van der Waals surface area (Å²) in [5.74, 6) is 1.37. The number of methoxy groups -OCH3 is 1. The van der Waals surface area contributed by atoms with Gasteiger partial charge in [0, 0.05) is 11.6 Å². The first-order valence-corrected chi connectivity index (χ1v) is 6.87. The van der Waals surface area contributed by atoms with Crippen molar-refractivity contribution in [1.82, 2.24) is 5.32 Å². The number of nitrogens with one attached hydrogen (secondary N) is 1. The average Bonchev–Trinajstić information content (AvgIpc) is 2.37. The highest BCUT2D eigenvalue weighted by Gasteiger charge is 2.27. The summed E-state index contributed by atoms with van der Waals surface area (Å²) in [7, 11) is 3.67. The van der Waals surface area contributed by atoms with Crippen LogP contribution in [0.3, 0.4) is 0 Å². The molecule has 0 amide bonds. The third-order valence-corrected chi connectivity index (χ3v) is 4.00. The van der Waals surface area contributed by atoms with Crippen LogP contribution in [0.1, 0.15) is 56.3 Å². The van der Waals surface area contributed by atoms with E-state index in [1.165, 1.54) is 16.7 Å². The second-order valence-electron chi connectivity index (χ2n) is 6.05. The second-order valence-corrected chi connectivity index (χ2v) is 6.05. The molecule has 3 nitrogen and oxygen atoms in total. The molecule has 1 aromatic rings. The Morgan fingerprint density at radius 3 is 2.21 bits per heavy atom. The third-order valence-electron chi connectivity index (χ3n) is 4.00. The number of hydrogen-bond donors (Lipinski definition) is 2. The van der Waals surface area contributed by atoms with E-state index in [1.807, 2.05) is 7.05 Å². The lowest BCUT2D eigenvalue weighted by atomic mass is 9.85. The highest BCUT2D eigenvalue weighted by molar-refractivity contribution is 5.45. The number of aryl methyl sites for hydroxylation is 1. The molecule has 3 N–H and O–H groups in total. The first-order chi connectivity index (χ1) is 8.74. The van der Waals surface area contributed by atoms with Gasteiger partial charge in [-0.15, -0.1) is 0 Å². The summed E-state index contributed by atoms with van der Waals surface area (Å²) in [6.45, 7) is 10.7. The molecule has 0 aliphatic heterocycles. The van der Waals surface area contributed by atoms with Crippen molar-refractivity contribution in [2.24, 2.45) is 5.73 Å². The molecule has 19 heavy (non-hydrogen) atoms. The maximum Gasteiger partial charge on any atom is 0.122 e. The summed E-state index contributed by atoms with van der Waals surface area (Å²) in [4.78, 5) is 0. The molecule has 0 saturated carbocycles. The Morgan fingerprint density at radius 2 is 1.79 bits per heavy atom. The van der Waals surface area contributed by atoms with Crippen LogP contribution in [0.25, 0.3) is 0 Å². The highest BCUT2D eigenvalue weighted by Crippen LogP contribution is 2.34. The number of benzene rings is 1. The van der Waals surface area contributed by atoms with Gasteiger partial charge in [-0.05, 0) is 62.6 Å². The molecule has 108 valence electrons. The smallest absolute Gasteiger partial charge is 0.122 e.